The smallest absolute Gasteiger partial charge is 0.187 e. The molecule has 0 bridgehead atoms. The molecule has 1 aromatic carbocycles. The first-order chi connectivity index (χ1) is 9.16. The Morgan fingerprint density at radius 2 is 1.84 bits per heavy atom. The van der Waals surface area contributed by atoms with E-state index in [-0.39, 0.29) is 17.4 Å². The first-order valence-electron chi connectivity index (χ1n) is 5.88. The van der Waals surface area contributed by atoms with Gasteiger partial charge in [0.25, 0.3) is 0 Å². The molecule has 1 aliphatic rings. The van der Waals surface area contributed by atoms with Gasteiger partial charge < -0.3 is 5.32 Å². The molecule has 1 N–H and O–H groups in total. The van der Waals surface area contributed by atoms with Crippen LogP contribution in [0.4, 0.5) is 24.7 Å². The molecule has 2 aromatic rings. The van der Waals surface area contributed by atoms with E-state index in [1.54, 1.807) is 0 Å². The van der Waals surface area contributed by atoms with Gasteiger partial charge in [0.1, 0.15) is 6.33 Å². The molecule has 3 rings (SSSR count). The van der Waals surface area contributed by atoms with Gasteiger partial charge in [0.15, 0.2) is 23.3 Å². The number of nitrogens with one attached hydrogen (secondary N) is 1. The molecule has 1 aromatic heterocycles. The van der Waals surface area contributed by atoms with Gasteiger partial charge in [-0.05, 0) is 25.0 Å². The number of nitrogens with zero attached hydrogens (tertiary/aromatic N) is 2. The molecule has 0 spiro atoms. The number of halogens is 3. The van der Waals surface area contributed by atoms with Crippen molar-refractivity contribution in [3.63, 3.8) is 0 Å². The second-order valence-corrected chi connectivity index (χ2v) is 4.42. The number of hydrogen-bond donors (Lipinski definition) is 1. The van der Waals surface area contributed by atoms with Crippen LogP contribution in [0.1, 0.15) is 24.5 Å². The van der Waals surface area contributed by atoms with Gasteiger partial charge in [-0.3, -0.25) is 0 Å². The van der Waals surface area contributed by atoms with E-state index in [1.165, 1.54) is 18.5 Å². The Bertz CT molecular complexity index is 627. The van der Waals surface area contributed by atoms with Crippen molar-refractivity contribution >= 4 is 11.5 Å². The van der Waals surface area contributed by atoms with E-state index in [1.807, 2.05) is 0 Å². The van der Waals surface area contributed by atoms with Crippen LogP contribution in [-0.2, 0) is 0 Å². The minimum Gasteiger partial charge on any atom is -0.335 e. The molecule has 6 heteroatoms. The van der Waals surface area contributed by atoms with Gasteiger partial charge in [0, 0.05) is 5.92 Å². The Morgan fingerprint density at radius 3 is 2.58 bits per heavy atom. The lowest BCUT2D eigenvalue weighted by atomic mass is 10.2. The number of anilines is 2. The molecule has 1 fully saturated rings. The molecule has 0 radical (unpaired) electrons. The lowest BCUT2D eigenvalue weighted by Gasteiger charge is -2.09. The van der Waals surface area contributed by atoms with Crippen molar-refractivity contribution in [1.29, 1.82) is 0 Å². The van der Waals surface area contributed by atoms with E-state index in [0.29, 0.717) is 5.69 Å². The summed E-state index contributed by atoms with van der Waals surface area (Å²) in [4.78, 5) is 7.62. The molecule has 1 saturated carbocycles. The summed E-state index contributed by atoms with van der Waals surface area (Å²) in [6, 6.07) is 3.64. The maximum Gasteiger partial charge on any atom is 0.187 e. The summed E-state index contributed by atoms with van der Waals surface area (Å²) >= 11 is 0. The molecule has 0 saturated heterocycles. The first-order valence-corrected chi connectivity index (χ1v) is 5.88. The van der Waals surface area contributed by atoms with Crippen LogP contribution in [0.3, 0.4) is 0 Å². The minimum absolute atomic E-state index is 0.112. The molecule has 0 unspecified atom stereocenters. The lowest BCUT2D eigenvalue weighted by Crippen LogP contribution is -2.04. The summed E-state index contributed by atoms with van der Waals surface area (Å²) in [6.07, 6.45) is 3.00. The third-order valence-electron chi connectivity index (χ3n) is 2.99. The van der Waals surface area contributed by atoms with Crippen molar-refractivity contribution in [3.05, 3.63) is 47.7 Å². The zero-order chi connectivity index (χ0) is 13.4. The van der Waals surface area contributed by atoms with Gasteiger partial charge >= 0.3 is 0 Å². The standard InChI is InChI=1S/C13H10F3N3/c14-8-2-1-3-9(10(8)15)19-13-11(16)12(7-4-5-7)17-6-18-13/h1-3,6-7H,4-5H2,(H,17,18,19). The van der Waals surface area contributed by atoms with Crippen molar-refractivity contribution in [1.82, 2.24) is 9.97 Å². The Balaban J connectivity index is 1.95. The highest BCUT2D eigenvalue weighted by molar-refractivity contribution is 5.57. The fourth-order valence-electron chi connectivity index (χ4n) is 1.84. The van der Waals surface area contributed by atoms with Gasteiger partial charge in [0.05, 0.1) is 11.4 Å². The fraction of sp³-hybridized carbons (Fsp3) is 0.231. The van der Waals surface area contributed by atoms with Crippen LogP contribution < -0.4 is 5.32 Å². The van der Waals surface area contributed by atoms with E-state index in [9.17, 15) is 13.2 Å². The van der Waals surface area contributed by atoms with Gasteiger partial charge in [-0.25, -0.2) is 23.1 Å². The maximum absolute atomic E-state index is 14.1. The van der Waals surface area contributed by atoms with Crippen molar-refractivity contribution in [2.45, 2.75) is 18.8 Å². The predicted octanol–water partition coefficient (Wildman–Crippen LogP) is 3.51. The summed E-state index contributed by atoms with van der Waals surface area (Å²) in [5.41, 5.74) is 0.175. The van der Waals surface area contributed by atoms with E-state index < -0.39 is 17.5 Å². The maximum atomic E-state index is 14.1. The summed E-state index contributed by atoms with van der Waals surface area (Å²) in [6.45, 7) is 0. The summed E-state index contributed by atoms with van der Waals surface area (Å²) in [7, 11) is 0. The molecule has 19 heavy (non-hydrogen) atoms. The number of benzene rings is 1. The zero-order valence-corrected chi connectivity index (χ0v) is 9.83. The molecule has 0 aliphatic heterocycles. The van der Waals surface area contributed by atoms with Crippen molar-refractivity contribution in [2.24, 2.45) is 0 Å². The molecule has 0 amide bonds. The van der Waals surface area contributed by atoms with Crippen LogP contribution in [0, 0.1) is 17.5 Å². The first kappa shape index (κ1) is 12.0. The monoisotopic (exact) mass is 265 g/mol. The molecule has 98 valence electrons. The number of hydrogen-bond acceptors (Lipinski definition) is 3. The number of rotatable bonds is 3. The zero-order valence-electron chi connectivity index (χ0n) is 9.83. The molecular formula is C13H10F3N3. The van der Waals surface area contributed by atoms with Crippen LogP contribution in [0.25, 0.3) is 0 Å². The summed E-state index contributed by atoms with van der Waals surface area (Å²) < 4.78 is 40.6. The molecule has 3 nitrogen and oxygen atoms in total. The number of aromatic nitrogens is 2. The third-order valence-corrected chi connectivity index (χ3v) is 2.99. The van der Waals surface area contributed by atoms with Crippen LogP contribution in [0.5, 0.6) is 0 Å². The van der Waals surface area contributed by atoms with Crippen LogP contribution in [0.2, 0.25) is 0 Å². The Hall–Kier alpha value is -2.11. The van der Waals surface area contributed by atoms with Crippen LogP contribution in [-0.4, -0.2) is 9.97 Å². The van der Waals surface area contributed by atoms with Crippen molar-refractivity contribution in [2.75, 3.05) is 5.32 Å². The Kier molecular flexibility index (Phi) is 2.85. The Morgan fingerprint density at radius 1 is 1.05 bits per heavy atom. The quantitative estimate of drug-likeness (QED) is 0.922. The van der Waals surface area contributed by atoms with E-state index in [2.05, 4.69) is 15.3 Å². The van der Waals surface area contributed by atoms with Crippen LogP contribution in [0.15, 0.2) is 24.5 Å². The van der Waals surface area contributed by atoms with Gasteiger partial charge in [0.2, 0.25) is 0 Å². The predicted molar refractivity (Wildman–Crippen MR) is 63.6 cm³/mol. The van der Waals surface area contributed by atoms with E-state index in [0.717, 1.165) is 18.9 Å². The average Bonchev–Trinajstić information content (AvgIpc) is 3.21. The van der Waals surface area contributed by atoms with E-state index in [4.69, 9.17) is 0 Å². The minimum atomic E-state index is -1.06. The van der Waals surface area contributed by atoms with Gasteiger partial charge in [-0.15, -0.1) is 0 Å². The molecular weight excluding hydrogens is 255 g/mol. The SMILES string of the molecule is Fc1cccc(Nc2ncnc(C3CC3)c2F)c1F. The highest BCUT2D eigenvalue weighted by Crippen LogP contribution is 2.41. The third kappa shape index (κ3) is 2.25. The average molecular weight is 265 g/mol. The molecule has 1 heterocycles. The summed E-state index contributed by atoms with van der Waals surface area (Å²) in [5.74, 6) is -2.69. The van der Waals surface area contributed by atoms with Crippen molar-refractivity contribution < 1.29 is 13.2 Å². The van der Waals surface area contributed by atoms with E-state index >= 15 is 0 Å². The summed E-state index contributed by atoms with van der Waals surface area (Å²) in [5, 5.41) is 2.46. The van der Waals surface area contributed by atoms with Gasteiger partial charge in [-0.2, -0.15) is 0 Å². The van der Waals surface area contributed by atoms with Gasteiger partial charge in [-0.1, -0.05) is 6.07 Å². The van der Waals surface area contributed by atoms with Crippen molar-refractivity contribution in [3.8, 4) is 0 Å². The molecule has 0 atom stereocenters. The highest BCUT2D eigenvalue weighted by Gasteiger charge is 2.29. The normalized spacial score (nSPS) is 14.5. The lowest BCUT2D eigenvalue weighted by molar-refractivity contribution is 0.511. The molecule has 1 aliphatic carbocycles. The second-order valence-electron chi connectivity index (χ2n) is 4.42. The second kappa shape index (κ2) is 4.53. The Labute approximate surface area is 107 Å². The topological polar surface area (TPSA) is 37.8 Å². The largest absolute Gasteiger partial charge is 0.335 e. The fourth-order valence-corrected chi connectivity index (χ4v) is 1.84. The highest BCUT2D eigenvalue weighted by atomic mass is 19.2. The van der Waals surface area contributed by atoms with Crippen LogP contribution >= 0.6 is 0 Å².